The Morgan fingerprint density at radius 1 is 1.16 bits per heavy atom. The molecule has 0 saturated heterocycles. The number of aromatic nitrogens is 3. The SMILES string of the molecule is CCn1c(CN(c2ccc(F)cc2)S(C)(=O)=O)nnc1SCC(=O)Nc1ccccc1C. The summed E-state index contributed by atoms with van der Waals surface area (Å²) >= 11 is 1.22. The van der Waals surface area contributed by atoms with Crippen LogP contribution in [0.5, 0.6) is 0 Å². The van der Waals surface area contributed by atoms with Crippen molar-refractivity contribution in [1.29, 1.82) is 0 Å². The number of amides is 1. The van der Waals surface area contributed by atoms with E-state index in [2.05, 4.69) is 15.5 Å². The van der Waals surface area contributed by atoms with Crippen molar-refractivity contribution in [1.82, 2.24) is 14.8 Å². The summed E-state index contributed by atoms with van der Waals surface area (Å²) in [5.74, 6) is -0.0912. The first-order valence-corrected chi connectivity index (χ1v) is 12.7. The van der Waals surface area contributed by atoms with Crippen LogP contribution in [0.4, 0.5) is 15.8 Å². The lowest BCUT2D eigenvalue weighted by Crippen LogP contribution is -2.30. The minimum atomic E-state index is -3.65. The summed E-state index contributed by atoms with van der Waals surface area (Å²) in [4.78, 5) is 12.4. The van der Waals surface area contributed by atoms with Gasteiger partial charge in [0, 0.05) is 12.2 Å². The van der Waals surface area contributed by atoms with Gasteiger partial charge in [0.05, 0.1) is 24.2 Å². The zero-order valence-corrected chi connectivity index (χ0v) is 19.6. The van der Waals surface area contributed by atoms with Crippen molar-refractivity contribution >= 4 is 39.1 Å². The van der Waals surface area contributed by atoms with Crippen LogP contribution in [0.1, 0.15) is 18.3 Å². The van der Waals surface area contributed by atoms with Gasteiger partial charge < -0.3 is 9.88 Å². The first kappa shape index (κ1) is 23.7. The highest BCUT2D eigenvalue weighted by Crippen LogP contribution is 2.23. The Bertz CT molecular complexity index is 1200. The van der Waals surface area contributed by atoms with Gasteiger partial charge in [-0.3, -0.25) is 9.10 Å². The van der Waals surface area contributed by atoms with Gasteiger partial charge in [-0.15, -0.1) is 10.2 Å². The molecule has 3 aromatic rings. The van der Waals surface area contributed by atoms with Crippen LogP contribution in [0.2, 0.25) is 0 Å². The molecule has 32 heavy (non-hydrogen) atoms. The third kappa shape index (κ3) is 5.86. The highest BCUT2D eigenvalue weighted by molar-refractivity contribution is 7.99. The maximum absolute atomic E-state index is 13.3. The van der Waals surface area contributed by atoms with E-state index in [1.807, 2.05) is 38.1 Å². The zero-order chi connectivity index (χ0) is 23.3. The number of nitrogens with one attached hydrogen (secondary N) is 1. The van der Waals surface area contributed by atoms with Crippen LogP contribution in [-0.2, 0) is 27.9 Å². The summed E-state index contributed by atoms with van der Waals surface area (Å²) in [6, 6.07) is 12.7. The Morgan fingerprint density at radius 3 is 2.47 bits per heavy atom. The molecule has 3 rings (SSSR count). The summed E-state index contributed by atoms with van der Waals surface area (Å²) in [5, 5.41) is 11.7. The molecule has 0 radical (unpaired) electrons. The Hall–Kier alpha value is -2.92. The van der Waals surface area contributed by atoms with E-state index in [0.717, 1.165) is 21.8 Å². The van der Waals surface area contributed by atoms with E-state index in [1.54, 1.807) is 4.57 Å². The molecule has 0 aliphatic rings. The average Bonchev–Trinajstić information content (AvgIpc) is 3.14. The standard InChI is InChI=1S/C21H24FN5O3S2/c1-4-26-19(13-27(32(3,29)30)17-11-9-16(22)10-12-17)24-25-21(26)31-14-20(28)23-18-8-6-5-7-15(18)2/h5-12H,4,13-14H2,1-3H3,(H,23,28). The first-order valence-electron chi connectivity index (χ1n) is 9.82. The summed E-state index contributed by atoms with van der Waals surface area (Å²) in [7, 11) is -3.65. The zero-order valence-electron chi connectivity index (χ0n) is 17.9. The number of halogens is 1. The quantitative estimate of drug-likeness (QED) is 0.474. The molecule has 0 saturated carbocycles. The van der Waals surface area contributed by atoms with Crippen molar-refractivity contribution in [2.75, 3.05) is 21.6 Å². The van der Waals surface area contributed by atoms with E-state index < -0.39 is 15.8 Å². The summed E-state index contributed by atoms with van der Waals surface area (Å²) < 4.78 is 40.9. The molecule has 1 heterocycles. The largest absolute Gasteiger partial charge is 0.325 e. The molecule has 0 atom stereocenters. The van der Waals surface area contributed by atoms with Gasteiger partial charge in [-0.25, -0.2) is 12.8 Å². The molecule has 11 heteroatoms. The second-order valence-electron chi connectivity index (χ2n) is 7.04. The summed E-state index contributed by atoms with van der Waals surface area (Å²) in [5.41, 5.74) is 2.04. The lowest BCUT2D eigenvalue weighted by Gasteiger charge is -2.22. The van der Waals surface area contributed by atoms with Crippen molar-refractivity contribution in [3.05, 3.63) is 65.7 Å². The number of aryl methyl sites for hydroxylation is 1. The highest BCUT2D eigenvalue weighted by atomic mass is 32.2. The van der Waals surface area contributed by atoms with Crippen molar-refractivity contribution in [3.8, 4) is 0 Å². The lowest BCUT2D eigenvalue weighted by atomic mass is 10.2. The van der Waals surface area contributed by atoms with Crippen LogP contribution >= 0.6 is 11.8 Å². The molecule has 170 valence electrons. The van der Waals surface area contributed by atoms with E-state index >= 15 is 0 Å². The topological polar surface area (TPSA) is 97.2 Å². The maximum Gasteiger partial charge on any atom is 0.234 e. The number of para-hydroxylation sites is 1. The van der Waals surface area contributed by atoms with Crippen molar-refractivity contribution in [2.45, 2.75) is 32.1 Å². The molecule has 0 spiro atoms. The third-order valence-corrected chi connectivity index (χ3v) is 6.77. The predicted molar refractivity (Wildman–Crippen MR) is 124 cm³/mol. The first-order chi connectivity index (χ1) is 15.2. The fourth-order valence-corrected chi connectivity index (χ4v) is 4.70. The fourth-order valence-electron chi connectivity index (χ4n) is 3.03. The molecular formula is C21H24FN5O3S2. The van der Waals surface area contributed by atoms with Gasteiger partial charge in [-0.2, -0.15) is 0 Å². The minimum Gasteiger partial charge on any atom is -0.325 e. The van der Waals surface area contributed by atoms with Gasteiger partial charge in [0.2, 0.25) is 15.9 Å². The van der Waals surface area contributed by atoms with Crippen molar-refractivity contribution in [2.24, 2.45) is 0 Å². The Labute approximate surface area is 190 Å². The molecule has 0 aliphatic carbocycles. The molecule has 1 aromatic heterocycles. The van der Waals surface area contributed by atoms with E-state index in [0.29, 0.717) is 23.2 Å². The number of thioether (sulfide) groups is 1. The van der Waals surface area contributed by atoms with E-state index in [-0.39, 0.29) is 18.2 Å². The van der Waals surface area contributed by atoms with Crippen LogP contribution in [0.3, 0.4) is 0 Å². The monoisotopic (exact) mass is 477 g/mol. The number of hydrogen-bond acceptors (Lipinski definition) is 6. The third-order valence-electron chi connectivity index (χ3n) is 4.66. The number of anilines is 2. The number of benzene rings is 2. The Balaban J connectivity index is 1.74. The summed E-state index contributed by atoms with van der Waals surface area (Å²) in [6.07, 6.45) is 1.08. The molecule has 0 fully saturated rings. The molecule has 0 aliphatic heterocycles. The van der Waals surface area contributed by atoms with Gasteiger partial charge in [0.25, 0.3) is 0 Å². The molecule has 8 nitrogen and oxygen atoms in total. The van der Waals surface area contributed by atoms with E-state index in [4.69, 9.17) is 0 Å². The highest BCUT2D eigenvalue weighted by Gasteiger charge is 2.22. The number of carbonyl (C=O) groups is 1. The van der Waals surface area contributed by atoms with Gasteiger partial charge in [0.15, 0.2) is 11.0 Å². The maximum atomic E-state index is 13.3. The van der Waals surface area contributed by atoms with E-state index in [9.17, 15) is 17.6 Å². The predicted octanol–water partition coefficient (Wildman–Crippen LogP) is 3.44. The van der Waals surface area contributed by atoms with Crippen LogP contribution in [0, 0.1) is 12.7 Å². The van der Waals surface area contributed by atoms with Crippen LogP contribution in [0.15, 0.2) is 53.7 Å². The molecule has 0 unspecified atom stereocenters. The normalized spacial score (nSPS) is 11.4. The number of carbonyl (C=O) groups excluding carboxylic acids is 1. The smallest absolute Gasteiger partial charge is 0.234 e. The van der Waals surface area contributed by atoms with Crippen molar-refractivity contribution < 1.29 is 17.6 Å². The molecular weight excluding hydrogens is 453 g/mol. The van der Waals surface area contributed by atoms with Crippen LogP contribution < -0.4 is 9.62 Å². The second kappa shape index (κ2) is 10.1. The van der Waals surface area contributed by atoms with Crippen LogP contribution in [-0.4, -0.2) is 41.1 Å². The molecule has 1 amide bonds. The van der Waals surface area contributed by atoms with Gasteiger partial charge in [-0.05, 0) is 49.7 Å². The van der Waals surface area contributed by atoms with Gasteiger partial charge in [0.1, 0.15) is 5.82 Å². The Morgan fingerprint density at radius 2 is 1.84 bits per heavy atom. The molecule has 0 bridgehead atoms. The van der Waals surface area contributed by atoms with Crippen molar-refractivity contribution in [3.63, 3.8) is 0 Å². The number of nitrogens with zero attached hydrogens (tertiary/aromatic N) is 4. The molecule has 2 aromatic carbocycles. The number of hydrogen-bond donors (Lipinski definition) is 1. The fraction of sp³-hybridized carbons (Fsp3) is 0.286. The number of sulfonamides is 1. The number of rotatable bonds is 9. The average molecular weight is 478 g/mol. The molecule has 1 N–H and O–H groups in total. The van der Waals surface area contributed by atoms with Gasteiger partial charge >= 0.3 is 0 Å². The second-order valence-corrected chi connectivity index (χ2v) is 9.89. The van der Waals surface area contributed by atoms with Crippen LogP contribution in [0.25, 0.3) is 0 Å². The lowest BCUT2D eigenvalue weighted by molar-refractivity contribution is -0.113. The Kier molecular flexibility index (Phi) is 7.52. The minimum absolute atomic E-state index is 0.0682. The summed E-state index contributed by atoms with van der Waals surface area (Å²) in [6.45, 7) is 4.22. The van der Waals surface area contributed by atoms with E-state index in [1.165, 1.54) is 36.0 Å². The van der Waals surface area contributed by atoms with Gasteiger partial charge in [-0.1, -0.05) is 30.0 Å².